The molecule has 0 aliphatic carbocycles. The Morgan fingerprint density at radius 1 is 1.28 bits per heavy atom. The number of H-pyrrole nitrogens is 1. The summed E-state index contributed by atoms with van der Waals surface area (Å²) in [5, 5.41) is 0. The van der Waals surface area contributed by atoms with Gasteiger partial charge in [-0.05, 0) is 30.4 Å². The van der Waals surface area contributed by atoms with E-state index >= 15 is 0 Å². The average Bonchev–Trinajstić information content (AvgIpc) is 2.69. The van der Waals surface area contributed by atoms with Crippen LogP contribution in [0.5, 0.6) is 0 Å². The normalized spacial score (nSPS) is 12.7. The average molecular weight is 287 g/mol. The molecule has 0 fully saturated rings. The minimum Gasteiger partial charge on any atom is -0.342 e. The van der Waals surface area contributed by atoms with E-state index in [1.165, 1.54) is 0 Å². The Bertz CT molecular complexity index is 446. The minimum atomic E-state index is 0. The second kappa shape index (κ2) is 7.01. The zero-order valence-corrected chi connectivity index (χ0v) is 12.4. The highest BCUT2D eigenvalue weighted by Gasteiger charge is 2.13. The van der Waals surface area contributed by atoms with Crippen LogP contribution in [0.3, 0.4) is 0 Å². The van der Waals surface area contributed by atoms with Gasteiger partial charge in [0.2, 0.25) is 0 Å². The van der Waals surface area contributed by atoms with E-state index in [2.05, 4.69) is 29.9 Å². The number of para-hydroxylation sites is 2. The van der Waals surface area contributed by atoms with Crippen molar-refractivity contribution in [2.24, 2.45) is 11.8 Å². The maximum atomic E-state index is 6.02. The number of fused-ring (bicyclic) bond motifs is 1. The van der Waals surface area contributed by atoms with E-state index in [0.717, 1.165) is 29.7 Å². The van der Waals surface area contributed by atoms with Crippen molar-refractivity contribution in [3.8, 4) is 0 Å². The van der Waals surface area contributed by atoms with Gasteiger partial charge in [0, 0.05) is 12.3 Å². The number of imidazole rings is 1. The molecule has 4 heteroatoms. The quantitative estimate of drug-likeness (QED) is 0.810. The molecule has 0 radical (unpaired) electrons. The number of benzene rings is 1. The Hall–Kier alpha value is -0.730. The van der Waals surface area contributed by atoms with Gasteiger partial charge < -0.3 is 4.98 Å². The smallest absolute Gasteiger partial charge is 0.107 e. The monoisotopic (exact) mass is 286 g/mol. The van der Waals surface area contributed by atoms with Crippen LogP contribution in [0.1, 0.15) is 26.1 Å². The predicted octanol–water partition coefficient (Wildman–Crippen LogP) is 4.43. The number of nitrogens with one attached hydrogen (secondary N) is 1. The molecule has 0 aliphatic rings. The summed E-state index contributed by atoms with van der Waals surface area (Å²) < 4.78 is 0. The van der Waals surface area contributed by atoms with Crippen LogP contribution in [0.2, 0.25) is 0 Å². The van der Waals surface area contributed by atoms with Crippen molar-refractivity contribution in [3.63, 3.8) is 0 Å². The van der Waals surface area contributed by atoms with E-state index in [0.29, 0.717) is 17.7 Å². The lowest BCUT2D eigenvalue weighted by Gasteiger charge is -2.14. The van der Waals surface area contributed by atoms with Gasteiger partial charge in [0.1, 0.15) is 5.82 Å². The number of rotatable bonds is 5. The molecule has 1 atom stereocenters. The van der Waals surface area contributed by atoms with Crippen LogP contribution in [0.15, 0.2) is 24.3 Å². The molecule has 1 aromatic carbocycles. The van der Waals surface area contributed by atoms with Crippen LogP contribution in [0.4, 0.5) is 0 Å². The van der Waals surface area contributed by atoms with Crippen molar-refractivity contribution in [2.45, 2.75) is 26.7 Å². The van der Waals surface area contributed by atoms with Gasteiger partial charge in [-0.15, -0.1) is 24.0 Å². The highest BCUT2D eigenvalue weighted by Crippen LogP contribution is 2.19. The van der Waals surface area contributed by atoms with Crippen LogP contribution in [-0.4, -0.2) is 15.8 Å². The van der Waals surface area contributed by atoms with Gasteiger partial charge in [-0.1, -0.05) is 26.0 Å². The number of aromatic nitrogens is 2. The summed E-state index contributed by atoms with van der Waals surface area (Å²) in [6.07, 6.45) is 2.09. The summed E-state index contributed by atoms with van der Waals surface area (Å²) >= 11 is 6.02. The first-order chi connectivity index (χ1) is 8.19. The van der Waals surface area contributed by atoms with Crippen LogP contribution in [-0.2, 0) is 6.42 Å². The third kappa shape index (κ3) is 3.89. The van der Waals surface area contributed by atoms with Gasteiger partial charge in [0.25, 0.3) is 0 Å². The van der Waals surface area contributed by atoms with Crippen molar-refractivity contribution in [1.29, 1.82) is 0 Å². The van der Waals surface area contributed by atoms with Gasteiger partial charge in [0.15, 0.2) is 0 Å². The molecule has 18 heavy (non-hydrogen) atoms. The first kappa shape index (κ1) is 15.3. The van der Waals surface area contributed by atoms with E-state index in [1.807, 2.05) is 18.2 Å². The molecule has 1 unspecified atom stereocenters. The zero-order valence-electron chi connectivity index (χ0n) is 10.8. The Morgan fingerprint density at radius 2 is 2.00 bits per heavy atom. The van der Waals surface area contributed by atoms with Crippen molar-refractivity contribution in [1.82, 2.24) is 9.97 Å². The van der Waals surface area contributed by atoms with Gasteiger partial charge >= 0.3 is 0 Å². The predicted molar refractivity (Wildman–Crippen MR) is 80.7 cm³/mol. The number of halogens is 2. The fraction of sp³-hybridized carbons (Fsp3) is 0.500. The second-order valence-electron chi connectivity index (χ2n) is 5.05. The fourth-order valence-electron chi connectivity index (χ4n) is 2.24. The molecule has 2 rings (SSSR count). The SMILES string of the molecule is CC(C)CC(CCl)Cc1nc2ccccc2[nH]1.Cl. The van der Waals surface area contributed by atoms with Crippen molar-refractivity contribution in [2.75, 3.05) is 5.88 Å². The minimum absolute atomic E-state index is 0. The lowest BCUT2D eigenvalue weighted by Crippen LogP contribution is -2.10. The Balaban J connectivity index is 0.00000162. The first-order valence-electron chi connectivity index (χ1n) is 6.18. The number of alkyl halides is 1. The van der Waals surface area contributed by atoms with E-state index in [4.69, 9.17) is 11.6 Å². The highest BCUT2D eigenvalue weighted by atomic mass is 35.5. The Morgan fingerprint density at radius 3 is 2.61 bits per heavy atom. The number of aromatic amines is 1. The first-order valence-corrected chi connectivity index (χ1v) is 6.72. The number of nitrogens with zero attached hydrogens (tertiary/aromatic N) is 1. The third-order valence-electron chi connectivity index (χ3n) is 2.94. The number of hydrogen-bond donors (Lipinski definition) is 1. The highest BCUT2D eigenvalue weighted by molar-refractivity contribution is 6.18. The summed E-state index contributed by atoms with van der Waals surface area (Å²) in [5.41, 5.74) is 2.15. The summed E-state index contributed by atoms with van der Waals surface area (Å²) in [7, 11) is 0. The molecule has 1 aromatic heterocycles. The van der Waals surface area contributed by atoms with Crippen LogP contribution in [0, 0.1) is 11.8 Å². The molecule has 100 valence electrons. The fourth-order valence-corrected chi connectivity index (χ4v) is 2.48. The standard InChI is InChI=1S/C14H19ClN2.ClH/c1-10(2)7-11(9-15)8-14-16-12-5-3-4-6-13(12)17-14;/h3-6,10-11H,7-9H2,1-2H3,(H,16,17);1H. The van der Waals surface area contributed by atoms with Crippen molar-refractivity contribution in [3.05, 3.63) is 30.1 Å². The Kier molecular flexibility index (Phi) is 5.97. The van der Waals surface area contributed by atoms with Crippen LogP contribution in [0.25, 0.3) is 11.0 Å². The Labute approximate surface area is 120 Å². The van der Waals surface area contributed by atoms with Crippen LogP contribution < -0.4 is 0 Å². The lowest BCUT2D eigenvalue weighted by atomic mass is 9.96. The molecule has 0 aliphatic heterocycles. The molecule has 0 amide bonds. The second-order valence-corrected chi connectivity index (χ2v) is 5.36. The third-order valence-corrected chi connectivity index (χ3v) is 3.38. The summed E-state index contributed by atoms with van der Waals surface area (Å²) in [4.78, 5) is 7.96. The summed E-state index contributed by atoms with van der Waals surface area (Å²) in [6.45, 7) is 4.47. The van der Waals surface area contributed by atoms with E-state index in [-0.39, 0.29) is 12.4 Å². The lowest BCUT2D eigenvalue weighted by molar-refractivity contribution is 0.435. The topological polar surface area (TPSA) is 28.7 Å². The maximum Gasteiger partial charge on any atom is 0.107 e. The van der Waals surface area contributed by atoms with Gasteiger partial charge in [-0.3, -0.25) is 0 Å². The molecule has 0 saturated heterocycles. The number of hydrogen-bond acceptors (Lipinski definition) is 1. The summed E-state index contributed by atoms with van der Waals surface area (Å²) in [6, 6.07) is 8.13. The van der Waals surface area contributed by atoms with Gasteiger partial charge in [0.05, 0.1) is 11.0 Å². The molecule has 2 nitrogen and oxygen atoms in total. The van der Waals surface area contributed by atoms with Gasteiger partial charge in [-0.2, -0.15) is 0 Å². The molecule has 0 spiro atoms. The summed E-state index contributed by atoms with van der Waals surface area (Å²) in [5.74, 6) is 2.95. The molecule has 1 heterocycles. The van der Waals surface area contributed by atoms with E-state index < -0.39 is 0 Å². The molecule has 1 N–H and O–H groups in total. The van der Waals surface area contributed by atoms with E-state index in [9.17, 15) is 0 Å². The molecular weight excluding hydrogens is 267 g/mol. The molecule has 0 saturated carbocycles. The molecule has 2 aromatic rings. The van der Waals surface area contributed by atoms with Crippen LogP contribution >= 0.6 is 24.0 Å². The van der Waals surface area contributed by atoms with Crippen molar-refractivity contribution < 1.29 is 0 Å². The molecule has 0 bridgehead atoms. The zero-order chi connectivity index (χ0) is 12.3. The van der Waals surface area contributed by atoms with Crippen molar-refractivity contribution >= 4 is 35.0 Å². The largest absolute Gasteiger partial charge is 0.342 e. The van der Waals surface area contributed by atoms with E-state index in [1.54, 1.807) is 0 Å². The molecular formula is C14H20Cl2N2. The maximum absolute atomic E-state index is 6.02. The van der Waals surface area contributed by atoms with Gasteiger partial charge in [-0.25, -0.2) is 4.98 Å².